The summed E-state index contributed by atoms with van der Waals surface area (Å²) in [5.41, 5.74) is 1.92. The van der Waals surface area contributed by atoms with Gasteiger partial charge < -0.3 is 15.4 Å². The highest BCUT2D eigenvalue weighted by molar-refractivity contribution is 5.84. The maximum absolute atomic E-state index is 11.4. The summed E-state index contributed by atoms with van der Waals surface area (Å²) in [5, 5.41) is 13.8. The highest BCUT2D eigenvalue weighted by Crippen LogP contribution is 2.11. The second-order valence-electron chi connectivity index (χ2n) is 7.25. The van der Waals surface area contributed by atoms with Crippen LogP contribution in [0, 0.1) is 0 Å². The minimum atomic E-state index is -0.406. The van der Waals surface area contributed by atoms with Crippen molar-refractivity contribution in [3.8, 4) is 0 Å². The molecule has 0 bridgehead atoms. The number of aryl methyl sites for hydroxylation is 1. The zero-order valence-electron chi connectivity index (χ0n) is 15.8. The van der Waals surface area contributed by atoms with E-state index in [1.165, 1.54) is 0 Å². The fourth-order valence-electron chi connectivity index (χ4n) is 2.56. The zero-order chi connectivity index (χ0) is 19.2. The van der Waals surface area contributed by atoms with Crippen LogP contribution in [0.25, 0.3) is 11.0 Å². The molecule has 26 heavy (non-hydrogen) atoms. The molecule has 8 nitrogen and oxygen atoms in total. The average Bonchev–Trinajstić information content (AvgIpc) is 2.95. The SMILES string of the molecule is CC(C)(C)OC(=O)NC1CCNCC1.Cn1nnc2ccc(C=O)cc21. The highest BCUT2D eigenvalue weighted by atomic mass is 16.6. The molecule has 0 atom stereocenters. The molecule has 0 unspecified atom stereocenters. The second-order valence-corrected chi connectivity index (χ2v) is 7.25. The number of amides is 1. The molecule has 1 amide bonds. The fourth-order valence-corrected chi connectivity index (χ4v) is 2.56. The molecule has 2 aromatic rings. The minimum Gasteiger partial charge on any atom is -0.444 e. The molecule has 1 fully saturated rings. The van der Waals surface area contributed by atoms with Crippen molar-refractivity contribution < 1.29 is 14.3 Å². The monoisotopic (exact) mass is 361 g/mol. The van der Waals surface area contributed by atoms with E-state index in [9.17, 15) is 9.59 Å². The van der Waals surface area contributed by atoms with Crippen LogP contribution in [-0.4, -0.2) is 52.1 Å². The lowest BCUT2D eigenvalue weighted by atomic mass is 10.1. The number of ether oxygens (including phenoxy) is 1. The van der Waals surface area contributed by atoms with E-state index in [1.54, 1.807) is 29.9 Å². The number of fused-ring (bicyclic) bond motifs is 1. The Morgan fingerprint density at radius 2 is 2.04 bits per heavy atom. The summed E-state index contributed by atoms with van der Waals surface area (Å²) in [6.07, 6.45) is 2.48. The van der Waals surface area contributed by atoms with Crippen molar-refractivity contribution in [1.29, 1.82) is 0 Å². The number of rotatable bonds is 2. The molecule has 8 heteroatoms. The molecule has 1 aromatic carbocycles. The van der Waals surface area contributed by atoms with Crippen LogP contribution in [0.5, 0.6) is 0 Å². The van der Waals surface area contributed by atoms with Gasteiger partial charge >= 0.3 is 6.09 Å². The lowest BCUT2D eigenvalue weighted by molar-refractivity contribution is 0.0495. The first-order chi connectivity index (χ1) is 12.3. The normalized spacial score (nSPS) is 15.1. The molecule has 3 rings (SSSR count). The summed E-state index contributed by atoms with van der Waals surface area (Å²) in [4.78, 5) is 21.8. The number of nitrogens with one attached hydrogen (secondary N) is 2. The Morgan fingerprint density at radius 1 is 1.35 bits per heavy atom. The topological polar surface area (TPSA) is 98.1 Å². The molecule has 0 saturated carbocycles. The van der Waals surface area contributed by atoms with Crippen molar-refractivity contribution in [3.63, 3.8) is 0 Å². The predicted octanol–water partition coefficient (Wildman–Crippen LogP) is 2.04. The van der Waals surface area contributed by atoms with Gasteiger partial charge in [-0.1, -0.05) is 5.21 Å². The zero-order valence-corrected chi connectivity index (χ0v) is 15.8. The van der Waals surface area contributed by atoms with Crippen molar-refractivity contribution in [2.75, 3.05) is 13.1 Å². The summed E-state index contributed by atoms with van der Waals surface area (Å²) >= 11 is 0. The third-order valence-electron chi connectivity index (χ3n) is 3.83. The van der Waals surface area contributed by atoms with Gasteiger partial charge in [0.2, 0.25) is 0 Å². The first-order valence-electron chi connectivity index (χ1n) is 8.73. The summed E-state index contributed by atoms with van der Waals surface area (Å²) in [6, 6.07) is 5.55. The second kappa shape index (κ2) is 8.75. The molecule has 0 aliphatic carbocycles. The Morgan fingerprint density at radius 3 is 2.65 bits per heavy atom. The summed E-state index contributed by atoms with van der Waals surface area (Å²) < 4.78 is 6.81. The molecular weight excluding hydrogens is 334 g/mol. The number of carbonyl (C=O) groups excluding carboxylic acids is 2. The average molecular weight is 361 g/mol. The van der Waals surface area contributed by atoms with Crippen LogP contribution in [0.4, 0.5) is 4.79 Å². The van der Waals surface area contributed by atoms with E-state index in [0.29, 0.717) is 5.56 Å². The third kappa shape index (κ3) is 6.11. The lowest BCUT2D eigenvalue weighted by Crippen LogP contribution is -2.44. The van der Waals surface area contributed by atoms with E-state index in [4.69, 9.17) is 4.74 Å². The van der Waals surface area contributed by atoms with Gasteiger partial charge in [-0.2, -0.15) is 0 Å². The molecule has 1 aliphatic heterocycles. The Bertz CT molecular complexity index is 745. The Balaban J connectivity index is 0.000000189. The van der Waals surface area contributed by atoms with Crippen LogP contribution in [-0.2, 0) is 11.8 Å². The van der Waals surface area contributed by atoms with E-state index in [1.807, 2.05) is 20.8 Å². The summed E-state index contributed by atoms with van der Waals surface area (Å²) in [7, 11) is 1.80. The number of piperidine rings is 1. The maximum Gasteiger partial charge on any atom is 0.407 e. The largest absolute Gasteiger partial charge is 0.444 e. The quantitative estimate of drug-likeness (QED) is 0.795. The standard InChI is InChI=1S/C10H20N2O2.C8H7N3O/c1-10(2,3)14-9(13)12-8-4-6-11-7-5-8;1-11-8-4-6(5-12)2-3-7(8)9-10-11/h8,11H,4-7H2,1-3H3,(H,12,13);2-5H,1H3. The van der Waals surface area contributed by atoms with Crippen LogP contribution in [0.2, 0.25) is 0 Å². The molecule has 1 aromatic heterocycles. The van der Waals surface area contributed by atoms with Gasteiger partial charge in [0, 0.05) is 18.7 Å². The van der Waals surface area contributed by atoms with E-state index in [-0.39, 0.29) is 12.1 Å². The highest BCUT2D eigenvalue weighted by Gasteiger charge is 2.20. The number of aldehydes is 1. The van der Waals surface area contributed by atoms with Gasteiger partial charge in [-0.25, -0.2) is 9.48 Å². The number of alkyl carbamates (subject to hydrolysis) is 1. The molecule has 1 saturated heterocycles. The Kier molecular flexibility index (Phi) is 6.68. The molecule has 2 N–H and O–H groups in total. The van der Waals surface area contributed by atoms with Crippen molar-refractivity contribution in [3.05, 3.63) is 23.8 Å². The van der Waals surface area contributed by atoms with Gasteiger partial charge in [0.05, 0.1) is 5.52 Å². The smallest absolute Gasteiger partial charge is 0.407 e. The van der Waals surface area contributed by atoms with E-state index < -0.39 is 5.60 Å². The van der Waals surface area contributed by atoms with Crippen molar-refractivity contribution >= 4 is 23.4 Å². The van der Waals surface area contributed by atoms with Gasteiger partial charge in [-0.3, -0.25) is 4.79 Å². The lowest BCUT2D eigenvalue weighted by Gasteiger charge is -2.26. The molecule has 142 valence electrons. The molecule has 2 heterocycles. The number of benzene rings is 1. The van der Waals surface area contributed by atoms with Crippen molar-refractivity contribution in [2.45, 2.75) is 45.3 Å². The molecule has 0 radical (unpaired) electrons. The van der Waals surface area contributed by atoms with E-state index >= 15 is 0 Å². The minimum absolute atomic E-state index is 0.270. The summed E-state index contributed by atoms with van der Waals surface area (Å²) in [5.74, 6) is 0. The Hall–Kier alpha value is -2.48. The number of carbonyl (C=O) groups is 2. The first kappa shape index (κ1) is 19.8. The van der Waals surface area contributed by atoms with Gasteiger partial charge in [-0.15, -0.1) is 5.10 Å². The summed E-state index contributed by atoms with van der Waals surface area (Å²) in [6.45, 7) is 7.56. The van der Waals surface area contributed by atoms with Crippen LogP contribution in [0.1, 0.15) is 44.0 Å². The van der Waals surface area contributed by atoms with Crippen LogP contribution >= 0.6 is 0 Å². The van der Waals surface area contributed by atoms with Gasteiger partial charge in [-0.05, 0) is 64.9 Å². The van der Waals surface area contributed by atoms with E-state index in [2.05, 4.69) is 20.9 Å². The molecule has 0 spiro atoms. The predicted molar refractivity (Wildman–Crippen MR) is 99.2 cm³/mol. The number of hydrogen-bond donors (Lipinski definition) is 2. The van der Waals surface area contributed by atoms with E-state index in [0.717, 1.165) is 43.3 Å². The van der Waals surface area contributed by atoms with Crippen LogP contribution in [0.3, 0.4) is 0 Å². The van der Waals surface area contributed by atoms with Crippen molar-refractivity contribution in [2.24, 2.45) is 7.05 Å². The number of hydrogen-bond acceptors (Lipinski definition) is 6. The van der Waals surface area contributed by atoms with Gasteiger partial charge in [0.15, 0.2) is 0 Å². The molecule has 1 aliphatic rings. The number of aromatic nitrogens is 3. The van der Waals surface area contributed by atoms with Crippen molar-refractivity contribution in [1.82, 2.24) is 25.6 Å². The number of nitrogens with zero attached hydrogens (tertiary/aromatic N) is 3. The van der Waals surface area contributed by atoms with Gasteiger partial charge in [0.1, 0.15) is 17.4 Å². The first-order valence-corrected chi connectivity index (χ1v) is 8.73. The molecular formula is C18H27N5O3. The fraction of sp³-hybridized carbons (Fsp3) is 0.556. The van der Waals surface area contributed by atoms with Crippen LogP contribution in [0.15, 0.2) is 18.2 Å². The van der Waals surface area contributed by atoms with Gasteiger partial charge in [0.25, 0.3) is 0 Å². The van der Waals surface area contributed by atoms with Crippen LogP contribution < -0.4 is 10.6 Å². The Labute approximate surface area is 153 Å². The maximum atomic E-state index is 11.4. The third-order valence-corrected chi connectivity index (χ3v) is 3.83.